The first kappa shape index (κ1) is 24.5. The highest BCUT2D eigenvalue weighted by atomic mass is 32.2. The number of thioether (sulfide) groups is 1. The van der Waals surface area contributed by atoms with Gasteiger partial charge in [-0.25, -0.2) is 0 Å². The molecule has 1 spiro atoms. The van der Waals surface area contributed by atoms with Crippen LogP contribution in [0.2, 0.25) is 0 Å². The van der Waals surface area contributed by atoms with Crippen molar-refractivity contribution < 1.29 is 19.1 Å². The number of nitrogens with zero attached hydrogens (tertiary/aromatic N) is 2. The van der Waals surface area contributed by atoms with Crippen molar-refractivity contribution in [1.29, 1.82) is 0 Å². The zero-order valence-corrected chi connectivity index (χ0v) is 21.5. The quantitative estimate of drug-likeness (QED) is 0.625. The van der Waals surface area contributed by atoms with E-state index in [9.17, 15) is 9.59 Å². The molecule has 2 amide bonds. The van der Waals surface area contributed by atoms with Crippen molar-refractivity contribution in [2.45, 2.75) is 43.9 Å². The number of carbonyl (C=O) groups excluding carboxylic acids is 2. The van der Waals surface area contributed by atoms with Gasteiger partial charge in [0.05, 0.1) is 19.1 Å². The van der Waals surface area contributed by atoms with Crippen molar-refractivity contribution in [3.05, 3.63) is 59.2 Å². The molecule has 0 N–H and O–H groups in total. The molecule has 2 heterocycles. The first-order chi connectivity index (χ1) is 16.2. The van der Waals surface area contributed by atoms with E-state index in [2.05, 4.69) is 32.9 Å². The Morgan fingerprint density at radius 3 is 1.97 bits per heavy atom. The van der Waals surface area contributed by atoms with Crippen molar-refractivity contribution in [3.63, 3.8) is 0 Å². The fourth-order valence-corrected chi connectivity index (χ4v) is 6.21. The van der Waals surface area contributed by atoms with Crippen LogP contribution in [0, 0.1) is 0 Å². The topological polar surface area (TPSA) is 59.1 Å². The molecule has 0 aromatic heterocycles. The maximum absolute atomic E-state index is 13.5. The number of likely N-dealkylation sites (tertiary alicyclic amines) is 1. The summed E-state index contributed by atoms with van der Waals surface area (Å²) in [6.45, 7) is 8.48. The molecular weight excluding hydrogens is 448 g/mol. The minimum absolute atomic E-state index is 0.0364. The van der Waals surface area contributed by atoms with Crippen molar-refractivity contribution in [1.82, 2.24) is 9.80 Å². The number of ether oxygens (including phenoxy) is 2. The van der Waals surface area contributed by atoms with Gasteiger partial charge in [-0.2, -0.15) is 0 Å². The molecule has 2 saturated heterocycles. The Kier molecular flexibility index (Phi) is 6.85. The number of piperidine rings is 1. The van der Waals surface area contributed by atoms with Gasteiger partial charge in [-0.3, -0.25) is 9.59 Å². The van der Waals surface area contributed by atoms with Crippen LogP contribution < -0.4 is 9.47 Å². The van der Waals surface area contributed by atoms with Gasteiger partial charge in [0.1, 0.15) is 11.5 Å². The molecule has 2 aromatic carbocycles. The number of amides is 2. The Morgan fingerprint density at radius 2 is 1.44 bits per heavy atom. The Labute approximate surface area is 206 Å². The van der Waals surface area contributed by atoms with Crippen LogP contribution in [-0.4, -0.2) is 66.1 Å². The van der Waals surface area contributed by atoms with E-state index in [1.165, 1.54) is 5.56 Å². The molecule has 2 aromatic rings. The van der Waals surface area contributed by atoms with Gasteiger partial charge in [0.2, 0.25) is 0 Å². The van der Waals surface area contributed by atoms with Crippen molar-refractivity contribution >= 4 is 23.6 Å². The highest BCUT2D eigenvalue weighted by Crippen LogP contribution is 2.45. The number of methoxy groups -OCH3 is 2. The molecule has 0 aliphatic carbocycles. The van der Waals surface area contributed by atoms with Gasteiger partial charge < -0.3 is 19.3 Å². The first-order valence-electron chi connectivity index (χ1n) is 11.8. The second-order valence-electron chi connectivity index (χ2n) is 9.97. The predicted octanol–water partition coefficient (Wildman–Crippen LogP) is 4.82. The minimum atomic E-state index is -0.247. The van der Waals surface area contributed by atoms with E-state index >= 15 is 0 Å². The van der Waals surface area contributed by atoms with Crippen LogP contribution in [0.25, 0.3) is 0 Å². The Morgan fingerprint density at radius 1 is 0.853 bits per heavy atom. The molecule has 0 atom stereocenters. The number of hydrogen-bond acceptors (Lipinski definition) is 5. The van der Waals surface area contributed by atoms with Gasteiger partial charge in [0.15, 0.2) is 0 Å². The Balaban J connectivity index is 1.46. The maximum atomic E-state index is 13.5. The molecule has 7 heteroatoms. The Bertz CT molecular complexity index is 1030. The first-order valence-corrected chi connectivity index (χ1v) is 12.7. The third-order valence-electron chi connectivity index (χ3n) is 6.85. The molecule has 4 rings (SSSR count). The second-order valence-corrected chi connectivity index (χ2v) is 11.4. The zero-order valence-electron chi connectivity index (χ0n) is 20.7. The van der Waals surface area contributed by atoms with Gasteiger partial charge in [0.25, 0.3) is 11.8 Å². The largest absolute Gasteiger partial charge is 0.497 e. The molecule has 182 valence electrons. The van der Waals surface area contributed by atoms with E-state index in [0.29, 0.717) is 30.2 Å². The minimum Gasteiger partial charge on any atom is -0.497 e. The lowest BCUT2D eigenvalue weighted by Gasteiger charge is -2.44. The van der Waals surface area contributed by atoms with Gasteiger partial charge in [-0.1, -0.05) is 32.9 Å². The van der Waals surface area contributed by atoms with Crippen LogP contribution in [0.15, 0.2) is 42.5 Å². The zero-order chi connectivity index (χ0) is 24.5. The summed E-state index contributed by atoms with van der Waals surface area (Å²) in [4.78, 5) is 30.3. The average Bonchev–Trinajstić information content (AvgIpc) is 3.25. The van der Waals surface area contributed by atoms with Crippen LogP contribution in [0.4, 0.5) is 0 Å². The number of benzene rings is 2. The summed E-state index contributed by atoms with van der Waals surface area (Å²) in [6, 6.07) is 13.3. The third-order valence-corrected chi connectivity index (χ3v) is 8.40. The standard InChI is InChI=1S/C27H34N2O4S/c1-26(2,3)21-8-6-19(7-9-21)25(31)29-14-15-34-27(29)10-12-28(13-11-27)24(30)20-16-22(32-4)18-23(17-20)33-5/h6-9,16-18H,10-15H2,1-5H3. The summed E-state index contributed by atoms with van der Waals surface area (Å²) >= 11 is 1.85. The normalized spacial score (nSPS) is 17.7. The fraction of sp³-hybridized carbons (Fsp3) is 0.481. The second kappa shape index (κ2) is 9.53. The molecule has 2 aliphatic rings. The van der Waals surface area contributed by atoms with Crippen molar-refractivity contribution in [2.75, 3.05) is 39.6 Å². The number of carbonyl (C=O) groups is 2. The van der Waals surface area contributed by atoms with Crippen LogP contribution >= 0.6 is 11.8 Å². The Hall–Kier alpha value is -2.67. The lowest BCUT2D eigenvalue weighted by atomic mass is 9.86. The van der Waals surface area contributed by atoms with Crippen molar-refractivity contribution in [2.24, 2.45) is 0 Å². The van der Waals surface area contributed by atoms with Crippen LogP contribution in [0.3, 0.4) is 0 Å². The molecule has 0 unspecified atom stereocenters. The lowest BCUT2D eigenvalue weighted by molar-refractivity contribution is 0.0497. The SMILES string of the molecule is COc1cc(OC)cc(C(=O)N2CCC3(CC2)SCCN3C(=O)c2ccc(C(C)(C)C)cc2)c1. The van der Waals surface area contributed by atoms with Gasteiger partial charge in [0, 0.05) is 42.6 Å². The fourth-order valence-electron chi connectivity index (χ4n) is 4.75. The summed E-state index contributed by atoms with van der Waals surface area (Å²) in [5, 5.41) is 0. The highest BCUT2D eigenvalue weighted by Gasteiger charge is 2.47. The molecule has 2 aliphatic heterocycles. The van der Waals surface area contributed by atoms with Crippen LogP contribution in [-0.2, 0) is 5.41 Å². The highest BCUT2D eigenvalue weighted by molar-refractivity contribution is 8.00. The molecule has 2 fully saturated rings. The summed E-state index contributed by atoms with van der Waals surface area (Å²) in [6.07, 6.45) is 1.52. The predicted molar refractivity (Wildman–Crippen MR) is 136 cm³/mol. The van der Waals surface area contributed by atoms with Crippen LogP contribution in [0.1, 0.15) is 59.9 Å². The monoisotopic (exact) mass is 482 g/mol. The van der Waals surface area contributed by atoms with Gasteiger partial charge in [-0.15, -0.1) is 11.8 Å². The van der Waals surface area contributed by atoms with Gasteiger partial charge in [-0.05, 0) is 48.1 Å². The summed E-state index contributed by atoms with van der Waals surface area (Å²) < 4.78 is 10.6. The molecule has 0 radical (unpaired) electrons. The number of hydrogen-bond donors (Lipinski definition) is 0. The lowest BCUT2D eigenvalue weighted by Crippen LogP contribution is -2.53. The summed E-state index contributed by atoms with van der Waals surface area (Å²) in [7, 11) is 3.15. The molecule has 0 saturated carbocycles. The maximum Gasteiger partial charge on any atom is 0.254 e. The van der Waals surface area contributed by atoms with E-state index in [-0.39, 0.29) is 22.1 Å². The molecule has 6 nitrogen and oxygen atoms in total. The number of rotatable bonds is 4. The van der Waals surface area contributed by atoms with E-state index < -0.39 is 0 Å². The van der Waals surface area contributed by atoms with Crippen molar-refractivity contribution in [3.8, 4) is 11.5 Å². The molecular formula is C27H34N2O4S. The van der Waals surface area contributed by atoms with E-state index in [0.717, 1.165) is 30.7 Å². The van der Waals surface area contributed by atoms with E-state index in [1.54, 1.807) is 32.4 Å². The summed E-state index contributed by atoms with van der Waals surface area (Å²) in [5.74, 6) is 2.16. The third kappa shape index (κ3) is 4.76. The smallest absolute Gasteiger partial charge is 0.254 e. The van der Waals surface area contributed by atoms with E-state index in [4.69, 9.17) is 9.47 Å². The van der Waals surface area contributed by atoms with E-state index in [1.807, 2.05) is 33.7 Å². The van der Waals surface area contributed by atoms with Gasteiger partial charge >= 0.3 is 0 Å². The van der Waals surface area contributed by atoms with Crippen LogP contribution in [0.5, 0.6) is 11.5 Å². The molecule has 0 bridgehead atoms. The summed E-state index contributed by atoms with van der Waals surface area (Å²) in [5.41, 5.74) is 2.56. The molecule has 34 heavy (non-hydrogen) atoms. The average molecular weight is 483 g/mol.